The molecular formula is C14H26Cl2N2O2. The monoisotopic (exact) mass is 324 g/mol. The molecule has 0 heterocycles. The van der Waals surface area contributed by atoms with Gasteiger partial charge in [-0.05, 0) is 38.5 Å². The summed E-state index contributed by atoms with van der Waals surface area (Å²) >= 11 is 0. The first-order valence-electron chi connectivity index (χ1n) is 6.25. The van der Waals surface area contributed by atoms with Crippen LogP contribution in [0.3, 0.4) is 0 Å². The van der Waals surface area contributed by atoms with E-state index in [1.54, 1.807) is 0 Å². The lowest BCUT2D eigenvalue weighted by Gasteiger charge is -2.22. The summed E-state index contributed by atoms with van der Waals surface area (Å²) in [5.41, 5.74) is 6.58. The summed E-state index contributed by atoms with van der Waals surface area (Å²) in [6, 6.07) is 7.59. The number of hydrogen-bond donors (Lipinski definition) is 3. The van der Waals surface area contributed by atoms with E-state index in [1.807, 2.05) is 24.3 Å². The van der Waals surface area contributed by atoms with Crippen LogP contribution >= 0.6 is 24.8 Å². The molecule has 0 saturated heterocycles. The van der Waals surface area contributed by atoms with Gasteiger partial charge in [-0.15, -0.1) is 24.8 Å². The van der Waals surface area contributed by atoms with Crippen LogP contribution in [0.15, 0.2) is 24.3 Å². The van der Waals surface area contributed by atoms with Crippen LogP contribution in [0, 0.1) is 0 Å². The van der Waals surface area contributed by atoms with E-state index in [2.05, 4.69) is 26.1 Å². The summed E-state index contributed by atoms with van der Waals surface area (Å²) in [6.07, 6.45) is -0.515. The highest BCUT2D eigenvalue weighted by Crippen LogP contribution is 2.12. The van der Waals surface area contributed by atoms with Crippen molar-refractivity contribution in [3.63, 3.8) is 0 Å². The molecule has 0 aliphatic carbocycles. The van der Waals surface area contributed by atoms with Gasteiger partial charge in [0.15, 0.2) is 0 Å². The predicted molar refractivity (Wildman–Crippen MR) is 88.1 cm³/mol. The second-order valence-corrected chi connectivity index (χ2v) is 5.44. The molecule has 4 nitrogen and oxygen atoms in total. The fourth-order valence-corrected chi connectivity index (χ4v) is 1.40. The average Bonchev–Trinajstić information content (AvgIpc) is 2.33. The molecule has 0 amide bonds. The van der Waals surface area contributed by atoms with Crippen molar-refractivity contribution < 1.29 is 9.84 Å². The Morgan fingerprint density at radius 2 is 1.75 bits per heavy atom. The summed E-state index contributed by atoms with van der Waals surface area (Å²) in [7, 11) is 0. The number of ether oxygens (including phenoxy) is 1. The molecule has 1 unspecified atom stereocenters. The number of rotatable bonds is 6. The Kier molecular flexibility index (Phi) is 11.1. The van der Waals surface area contributed by atoms with Crippen molar-refractivity contribution in [2.45, 2.75) is 39.0 Å². The van der Waals surface area contributed by atoms with Crippen LogP contribution in [0.4, 0.5) is 0 Å². The third kappa shape index (κ3) is 9.39. The molecule has 0 spiro atoms. The zero-order valence-corrected chi connectivity index (χ0v) is 13.9. The van der Waals surface area contributed by atoms with E-state index in [0.29, 0.717) is 13.1 Å². The molecule has 0 radical (unpaired) electrons. The average molecular weight is 325 g/mol. The van der Waals surface area contributed by atoms with Gasteiger partial charge < -0.3 is 20.9 Å². The molecule has 6 heteroatoms. The lowest BCUT2D eigenvalue weighted by atomic mass is 10.1. The number of nitrogens with two attached hydrogens (primary N) is 1. The van der Waals surface area contributed by atoms with Gasteiger partial charge >= 0.3 is 0 Å². The van der Waals surface area contributed by atoms with Crippen molar-refractivity contribution in [1.82, 2.24) is 5.32 Å². The molecule has 1 aromatic carbocycles. The van der Waals surface area contributed by atoms with Crippen molar-refractivity contribution in [3.05, 3.63) is 29.8 Å². The minimum atomic E-state index is -0.515. The van der Waals surface area contributed by atoms with Gasteiger partial charge in [-0.25, -0.2) is 0 Å². The number of β-amino-alcohol motifs (C(OH)–C–C–N with tert-alkyl or cyclic N) is 1. The molecule has 0 aromatic heterocycles. The van der Waals surface area contributed by atoms with Gasteiger partial charge in [-0.2, -0.15) is 0 Å². The Labute approximate surface area is 133 Å². The summed E-state index contributed by atoms with van der Waals surface area (Å²) in [5.74, 6) is 0.752. The molecule has 0 aliphatic rings. The molecule has 0 bridgehead atoms. The number of nitrogens with one attached hydrogen (secondary N) is 1. The normalized spacial score (nSPS) is 12.1. The van der Waals surface area contributed by atoms with Gasteiger partial charge in [-0.1, -0.05) is 12.1 Å². The van der Waals surface area contributed by atoms with Crippen molar-refractivity contribution in [3.8, 4) is 5.75 Å². The number of hydrogen-bond acceptors (Lipinski definition) is 4. The Hall–Kier alpha value is -0.520. The summed E-state index contributed by atoms with van der Waals surface area (Å²) in [4.78, 5) is 0. The van der Waals surface area contributed by atoms with E-state index in [0.717, 1.165) is 11.3 Å². The minimum Gasteiger partial charge on any atom is -0.491 e. The third-order valence-corrected chi connectivity index (χ3v) is 2.47. The SMILES string of the molecule is CC(C)(C)NCC(O)COc1ccc(CN)cc1.Cl.Cl. The molecule has 118 valence electrons. The third-order valence-electron chi connectivity index (χ3n) is 2.47. The number of benzene rings is 1. The lowest BCUT2D eigenvalue weighted by molar-refractivity contribution is 0.100. The van der Waals surface area contributed by atoms with Gasteiger partial charge in [0.25, 0.3) is 0 Å². The molecule has 1 aromatic rings. The maximum Gasteiger partial charge on any atom is 0.119 e. The first-order chi connectivity index (χ1) is 8.40. The highest BCUT2D eigenvalue weighted by atomic mass is 35.5. The summed E-state index contributed by atoms with van der Waals surface area (Å²) in [5, 5.41) is 13.0. The quantitative estimate of drug-likeness (QED) is 0.749. The van der Waals surface area contributed by atoms with Gasteiger partial charge in [0.2, 0.25) is 0 Å². The molecule has 0 aliphatic heterocycles. The Balaban J connectivity index is 0. The molecule has 1 rings (SSSR count). The van der Waals surface area contributed by atoms with Crippen molar-refractivity contribution in [2.24, 2.45) is 5.73 Å². The number of aliphatic hydroxyl groups is 1. The summed E-state index contributed by atoms with van der Waals surface area (Å²) in [6.45, 7) is 7.51. The smallest absolute Gasteiger partial charge is 0.119 e. The highest BCUT2D eigenvalue weighted by Gasteiger charge is 2.12. The number of aliphatic hydroxyl groups excluding tert-OH is 1. The van der Waals surface area contributed by atoms with Gasteiger partial charge in [0.1, 0.15) is 18.5 Å². The van der Waals surface area contributed by atoms with E-state index in [4.69, 9.17) is 10.5 Å². The van der Waals surface area contributed by atoms with Gasteiger partial charge in [-0.3, -0.25) is 0 Å². The fourth-order valence-electron chi connectivity index (χ4n) is 1.40. The van der Waals surface area contributed by atoms with Crippen LogP contribution in [-0.4, -0.2) is 29.9 Å². The first kappa shape index (κ1) is 21.8. The molecular weight excluding hydrogens is 299 g/mol. The van der Waals surface area contributed by atoms with Crippen LogP contribution in [-0.2, 0) is 6.54 Å². The molecule has 4 N–H and O–H groups in total. The van der Waals surface area contributed by atoms with Crippen LogP contribution in [0.2, 0.25) is 0 Å². The van der Waals surface area contributed by atoms with E-state index in [-0.39, 0.29) is 37.0 Å². The molecule has 1 atom stereocenters. The number of halogens is 2. The second-order valence-electron chi connectivity index (χ2n) is 5.44. The van der Waals surface area contributed by atoms with Crippen LogP contribution < -0.4 is 15.8 Å². The van der Waals surface area contributed by atoms with Gasteiger partial charge in [0, 0.05) is 18.6 Å². The predicted octanol–water partition coefficient (Wildman–Crippen LogP) is 2.12. The topological polar surface area (TPSA) is 67.5 Å². The van der Waals surface area contributed by atoms with Crippen LogP contribution in [0.5, 0.6) is 5.75 Å². The van der Waals surface area contributed by atoms with E-state index < -0.39 is 6.10 Å². The Morgan fingerprint density at radius 3 is 2.20 bits per heavy atom. The van der Waals surface area contributed by atoms with Crippen LogP contribution in [0.25, 0.3) is 0 Å². The highest BCUT2D eigenvalue weighted by molar-refractivity contribution is 5.85. The fraction of sp³-hybridized carbons (Fsp3) is 0.571. The van der Waals surface area contributed by atoms with E-state index in [1.165, 1.54) is 0 Å². The molecule has 0 saturated carbocycles. The van der Waals surface area contributed by atoms with Crippen LogP contribution in [0.1, 0.15) is 26.3 Å². The van der Waals surface area contributed by atoms with Gasteiger partial charge in [0.05, 0.1) is 0 Å². The zero-order chi connectivity index (χ0) is 13.6. The Bertz CT molecular complexity index is 353. The first-order valence-corrected chi connectivity index (χ1v) is 6.25. The van der Waals surface area contributed by atoms with Crippen molar-refractivity contribution >= 4 is 24.8 Å². The summed E-state index contributed by atoms with van der Waals surface area (Å²) < 4.78 is 5.50. The largest absolute Gasteiger partial charge is 0.491 e. The second kappa shape index (κ2) is 10.2. The van der Waals surface area contributed by atoms with Crippen molar-refractivity contribution in [1.29, 1.82) is 0 Å². The van der Waals surface area contributed by atoms with Crippen molar-refractivity contribution in [2.75, 3.05) is 13.2 Å². The lowest BCUT2D eigenvalue weighted by Crippen LogP contribution is -2.42. The van der Waals surface area contributed by atoms with E-state index >= 15 is 0 Å². The molecule has 20 heavy (non-hydrogen) atoms. The molecule has 0 fully saturated rings. The maximum atomic E-state index is 9.77. The maximum absolute atomic E-state index is 9.77. The Morgan fingerprint density at radius 1 is 1.20 bits per heavy atom. The zero-order valence-electron chi connectivity index (χ0n) is 12.3. The minimum absolute atomic E-state index is 0. The standard InChI is InChI=1S/C14H24N2O2.2ClH/c1-14(2,3)16-9-12(17)10-18-13-6-4-11(8-15)5-7-13;;/h4-7,12,16-17H,8-10,15H2,1-3H3;2*1H. The van der Waals surface area contributed by atoms with E-state index in [9.17, 15) is 5.11 Å².